The van der Waals surface area contributed by atoms with Gasteiger partial charge in [0.2, 0.25) is 0 Å². The molecule has 1 amide bonds. The van der Waals surface area contributed by atoms with Crippen molar-refractivity contribution in [3.05, 3.63) is 28.8 Å². The van der Waals surface area contributed by atoms with E-state index in [9.17, 15) is 18.0 Å². The molecule has 1 fully saturated rings. The van der Waals surface area contributed by atoms with Crippen LogP contribution in [0.5, 0.6) is 0 Å². The van der Waals surface area contributed by atoms with Crippen LogP contribution in [-0.4, -0.2) is 34.9 Å². The highest BCUT2D eigenvalue weighted by Crippen LogP contribution is 2.34. The predicted molar refractivity (Wildman–Crippen MR) is 82.8 cm³/mol. The van der Waals surface area contributed by atoms with Gasteiger partial charge >= 0.3 is 6.18 Å². The number of alkyl halides is 3. The van der Waals surface area contributed by atoms with Crippen LogP contribution >= 0.6 is 11.3 Å². The van der Waals surface area contributed by atoms with Crippen LogP contribution in [0, 0.1) is 0 Å². The van der Waals surface area contributed by atoms with Gasteiger partial charge in [0.05, 0.1) is 15.9 Å². The van der Waals surface area contributed by atoms with E-state index in [0.29, 0.717) is 22.9 Å². The molecule has 0 aromatic carbocycles. The molecule has 0 saturated carbocycles. The van der Waals surface area contributed by atoms with E-state index in [0.717, 1.165) is 34.9 Å². The molecule has 0 unspecified atom stereocenters. The SMILES string of the molecule is Cn1nc(-c2ccc(C(=O)NC[C@H]3CCCO3)s2)cc1C(F)(F)F. The Labute approximate surface area is 140 Å². The summed E-state index contributed by atoms with van der Waals surface area (Å²) in [7, 11) is 1.25. The lowest BCUT2D eigenvalue weighted by atomic mass is 10.2. The maximum absolute atomic E-state index is 12.8. The second-order valence-corrected chi connectivity index (χ2v) is 6.63. The van der Waals surface area contributed by atoms with Gasteiger partial charge in [-0.1, -0.05) is 0 Å². The van der Waals surface area contributed by atoms with Crippen molar-refractivity contribution in [1.29, 1.82) is 0 Å². The van der Waals surface area contributed by atoms with Crippen LogP contribution < -0.4 is 5.32 Å². The minimum Gasteiger partial charge on any atom is -0.376 e. The number of hydrogen-bond acceptors (Lipinski definition) is 4. The summed E-state index contributed by atoms with van der Waals surface area (Å²) in [6, 6.07) is 4.18. The molecule has 0 radical (unpaired) electrons. The first kappa shape index (κ1) is 17.0. The zero-order chi connectivity index (χ0) is 17.3. The lowest BCUT2D eigenvalue weighted by Gasteiger charge is -2.09. The van der Waals surface area contributed by atoms with Crippen molar-refractivity contribution in [2.45, 2.75) is 25.1 Å². The zero-order valence-corrected chi connectivity index (χ0v) is 13.7. The number of nitrogens with one attached hydrogen (secondary N) is 1. The number of thiophene rings is 1. The lowest BCUT2D eigenvalue weighted by Crippen LogP contribution is -2.31. The number of nitrogens with zero attached hydrogens (tertiary/aromatic N) is 2. The monoisotopic (exact) mass is 359 g/mol. The van der Waals surface area contributed by atoms with Gasteiger partial charge in [-0.15, -0.1) is 11.3 Å². The first-order chi connectivity index (χ1) is 11.3. The van der Waals surface area contributed by atoms with Crippen molar-refractivity contribution in [3.8, 4) is 10.6 Å². The summed E-state index contributed by atoms with van der Waals surface area (Å²) < 4.78 is 44.7. The molecule has 2 aromatic heterocycles. The summed E-state index contributed by atoms with van der Waals surface area (Å²) in [5.41, 5.74) is -0.622. The number of carbonyl (C=O) groups is 1. The molecule has 3 rings (SSSR count). The minimum absolute atomic E-state index is 0.0403. The highest BCUT2D eigenvalue weighted by molar-refractivity contribution is 7.17. The summed E-state index contributed by atoms with van der Waals surface area (Å²) in [4.78, 5) is 13.1. The van der Waals surface area contributed by atoms with Gasteiger partial charge in [0, 0.05) is 20.2 Å². The highest BCUT2D eigenvalue weighted by atomic mass is 32.1. The van der Waals surface area contributed by atoms with E-state index in [1.807, 2.05) is 0 Å². The van der Waals surface area contributed by atoms with Gasteiger partial charge < -0.3 is 10.1 Å². The van der Waals surface area contributed by atoms with Gasteiger partial charge in [0.25, 0.3) is 5.91 Å². The highest BCUT2D eigenvalue weighted by Gasteiger charge is 2.35. The molecule has 5 nitrogen and oxygen atoms in total. The quantitative estimate of drug-likeness (QED) is 0.913. The summed E-state index contributed by atoms with van der Waals surface area (Å²) in [6.45, 7) is 1.15. The Bertz CT molecular complexity index is 733. The Balaban J connectivity index is 1.70. The molecule has 1 N–H and O–H groups in total. The van der Waals surface area contributed by atoms with E-state index < -0.39 is 11.9 Å². The van der Waals surface area contributed by atoms with Crippen LogP contribution in [0.1, 0.15) is 28.2 Å². The van der Waals surface area contributed by atoms with Gasteiger partial charge in [0.1, 0.15) is 11.4 Å². The Kier molecular flexibility index (Phi) is 4.64. The molecule has 24 heavy (non-hydrogen) atoms. The lowest BCUT2D eigenvalue weighted by molar-refractivity contribution is -0.143. The average Bonchev–Trinajstić information content (AvgIpc) is 3.23. The molecule has 1 aliphatic rings. The minimum atomic E-state index is -4.46. The van der Waals surface area contributed by atoms with Gasteiger partial charge in [-0.2, -0.15) is 18.3 Å². The smallest absolute Gasteiger partial charge is 0.376 e. The second-order valence-electron chi connectivity index (χ2n) is 5.55. The molecule has 3 heterocycles. The number of rotatable bonds is 4. The normalized spacial score (nSPS) is 18.1. The fourth-order valence-corrected chi connectivity index (χ4v) is 3.43. The Morgan fingerprint density at radius 2 is 2.29 bits per heavy atom. The average molecular weight is 359 g/mol. The third kappa shape index (κ3) is 3.62. The number of ether oxygens (including phenoxy) is 1. The van der Waals surface area contributed by atoms with Crippen LogP contribution in [0.15, 0.2) is 18.2 Å². The van der Waals surface area contributed by atoms with Crippen LogP contribution in [0.4, 0.5) is 13.2 Å². The molecular formula is C15H16F3N3O2S. The van der Waals surface area contributed by atoms with E-state index in [1.54, 1.807) is 12.1 Å². The standard InChI is InChI=1S/C15H16F3N3O2S/c1-21-13(15(16,17)18)7-10(20-21)11-4-5-12(24-11)14(22)19-8-9-3-2-6-23-9/h4-5,7,9H,2-3,6,8H2,1H3,(H,19,22)/t9-/m1/s1. The first-order valence-electron chi connectivity index (χ1n) is 7.46. The van der Waals surface area contributed by atoms with Gasteiger partial charge in [-0.25, -0.2) is 0 Å². The first-order valence-corrected chi connectivity index (χ1v) is 8.27. The van der Waals surface area contributed by atoms with Crippen LogP contribution in [-0.2, 0) is 18.0 Å². The van der Waals surface area contributed by atoms with E-state index in [4.69, 9.17) is 4.74 Å². The number of aryl methyl sites for hydroxylation is 1. The Morgan fingerprint density at radius 3 is 2.92 bits per heavy atom. The topological polar surface area (TPSA) is 56.2 Å². The van der Waals surface area contributed by atoms with Crippen molar-refractivity contribution in [1.82, 2.24) is 15.1 Å². The fourth-order valence-electron chi connectivity index (χ4n) is 2.55. The van der Waals surface area contributed by atoms with Gasteiger partial charge in [-0.3, -0.25) is 9.48 Å². The van der Waals surface area contributed by atoms with E-state index >= 15 is 0 Å². The second kappa shape index (κ2) is 6.56. The number of aromatic nitrogens is 2. The van der Waals surface area contributed by atoms with Crippen LogP contribution in [0.3, 0.4) is 0 Å². The molecular weight excluding hydrogens is 343 g/mol. The number of carbonyl (C=O) groups excluding carboxylic acids is 1. The largest absolute Gasteiger partial charge is 0.433 e. The molecule has 2 aromatic rings. The van der Waals surface area contributed by atoms with Crippen molar-refractivity contribution >= 4 is 17.2 Å². The third-order valence-corrected chi connectivity index (χ3v) is 4.87. The van der Waals surface area contributed by atoms with Gasteiger partial charge in [-0.05, 0) is 31.0 Å². The summed E-state index contributed by atoms with van der Waals surface area (Å²) in [5, 5.41) is 6.67. The van der Waals surface area contributed by atoms with Crippen molar-refractivity contribution in [3.63, 3.8) is 0 Å². The third-order valence-electron chi connectivity index (χ3n) is 3.77. The van der Waals surface area contributed by atoms with Crippen LogP contribution in [0.25, 0.3) is 10.6 Å². The van der Waals surface area contributed by atoms with Crippen molar-refractivity contribution in [2.75, 3.05) is 13.2 Å². The van der Waals surface area contributed by atoms with Crippen molar-refractivity contribution < 1.29 is 22.7 Å². The molecule has 0 bridgehead atoms. The maximum atomic E-state index is 12.8. The van der Waals surface area contributed by atoms with E-state index in [1.165, 1.54) is 7.05 Å². The number of amides is 1. The molecule has 1 aliphatic heterocycles. The maximum Gasteiger partial charge on any atom is 0.433 e. The summed E-state index contributed by atoms with van der Waals surface area (Å²) >= 11 is 1.11. The predicted octanol–water partition coefficient (Wildman–Crippen LogP) is 3.08. The van der Waals surface area contributed by atoms with Crippen LogP contribution in [0.2, 0.25) is 0 Å². The molecule has 130 valence electrons. The van der Waals surface area contributed by atoms with Gasteiger partial charge in [0.15, 0.2) is 0 Å². The molecule has 0 spiro atoms. The molecule has 1 saturated heterocycles. The molecule has 1 atom stereocenters. The zero-order valence-electron chi connectivity index (χ0n) is 12.9. The summed E-state index contributed by atoms with van der Waals surface area (Å²) in [6.07, 6.45) is -2.51. The number of halogens is 3. The summed E-state index contributed by atoms with van der Waals surface area (Å²) in [5.74, 6) is -0.256. The van der Waals surface area contributed by atoms with E-state index in [-0.39, 0.29) is 17.7 Å². The Hall–Kier alpha value is -1.87. The fraction of sp³-hybridized carbons (Fsp3) is 0.467. The Morgan fingerprint density at radius 1 is 1.50 bits per heavy atom. The molecule has 0 aliphatic carbocycles. The van der Waals surface area contributed by atoms with E-state index in [2.05, 4.69) is 10.4 Å². The molecule has 9 heteroatoms. The van der Waals surface area contributed by atoms with Crippen molar-refractivity contribution in [2.24, 2.45) is 7.05 Å². The number of hydrogen-bond donors (Lipinski definition) is 1.